The van der Waals surface area contributed by atoms with Gasteiger partial charge in [-0.05, 0) is 6.07 Å². The number of nitro benzene ring substituents is 1. The van der Waals surface area contributed by atoms with Crippen LogP contribution in [-0.2, 0) is 11.4 Å². The molecule has 1 atom stereocenters. The highest BCUT2D eigenvalue weighted by Gasteiger charge is 2.19. The Morgan fingerprint density at radius 3 is 2.68 bits per heavy atom. The number of nitrogens with one attached hydrogen (secondary N) is 1. The highest BCUT2D eigenvalue weighted by Crippen LogP contribution is 2.32. The summed E-state index contributed by atoms with van der Waals surface area (Å²) >= 11 is -2.52. The summed E-state index contributed by atoms with van der Waals surface area (Å²) in [6, 6.07) is 4.04. The molecule has 8 nitrogen and oxygen atoms in total. The lowest BCUT2D eigenvalue weighted by Crippen LogP contribution is -2.43. The Balaban J connectivity index is 2.34. The predicted molar refractivity (Wildman–Crippen MR) is 69.6 cm³/mol. The Bertz CT molecular complexity index is 504. The van der Waals surface area contributed by atoms with Gasteiger partial charge in [0, 0.05) is 32.2 Å². The first kappa shape index (κ1) is 13.7. The third kappa shape index (κ3) is 3.40. The minimum atomic E-state index is -2.52. The maximum Gasteiger partial charge on any atom is 0.357 e. The van der Waals surface area contributed by atoms with Crippen LogP contribution >= 0.6 is 0 Å². The Labute approximate surface area is 112 Å². The molecule has 2 rings (SSSR count). The quantitative estimate of drug-likeness (QED) is 0.472. The van der Waals surface area contributed by atoms with E-state index in [4.69, 9.17) is 8.74 Å². The fraction of sp³-hybridized carbons (Fsp3) is 0.400. The Hall–Kier alpha value is -1.71. The van der Waals surface area contributed by atoms with Gasteiger partial charge in [-0.2, -0.15) is 4.21 Å². The van der Waals surface area contributed by atoms with Crippen LogP contribution in [0.15, 0.2) is 18.2 Å². The second-order valence-corrected chi connectivity index (χ2v) is 4.55. The van der Waals surface area contributed by atoms with Crippen molar-refractivity contribution in [2.75, 3.05) is 31.1 Å². The molecule has 1 aromatic rings. The fourth-order valence-corrected chi connectivity index (χ4v) is 2.21. The number of nitro groups is 1. The van der Waals surface area contributed by atoms with E-state index in [2.05, 4.69) is 5.32 Å². The number of non-ortho nitro benzene ring substituents is 1. The molecule has 2 N–H and O–H groups in total. The van der Waals surface area contributed by atoms with Crippen LogP contribution in [0, 0.1) is 10.1 Å². The molecular formula is C10H13N3O5S. The van der Waals surface area contributed by atoms with Crippen LogP contribution in [0.3, 0.4) is 0 Å². The Kier molecular flexibility index (Phi) is 4.30. The number of nitrogens with zero attached hydrogens (tertiary/aromatic N) is 2. The third-order valence-corrected chi connectivity index (χ3v) is 3.10. The van der Waals surface area contributed by atoms with E-state index in [1.54, 1.807) is 0 Å². The van der Waals surface area contributed by atoms with Gasteiger partial charge in [0.1, 0.15) is 0 Å². The normalized spacial score (nSPS) is 17.0. The molecule has 1 saturated heterocycles. The van der Waals surface area contributed by atoms with Gasteiger partial charge in [0.05, 0.1) is 16.7 Å². The Morgan fingerprint density at radius 2 is 2.11 bits per heavy atom. The smallest absolute Gasteiger partial charge is 0.357 e. The van der Waals surface area contributed by atoms with Crippen LogP contribution in [0.4, 0.5) is 11.4 Å². The van der Waals surface area contributed by atoms with Crippen molar-refractivity contribution < 1.29 is 17.9 Å². The van der Waals surface area contributed by atoms with E-state index < -0.39 is 16.3 Å². The van der Waals surface area contributed by atoms with E-state index in [1.165, 1.54) is 12.1 Å². The van der Waals surface area contributed by atoms with Crippen molar-refractivity contribution in [3.05, 3.63) is 28.3 Å². The van der Waals surface area contributed by atoms with E-state index in [9.17, 15) is 14.3 Å². The summed E-state index contributed by atoms with van der Waals surface area (Å²) < 4.78 is 24.3. The zero-order valence-corrected chi connectivity index (χ0v) is 10.8. The number of hydrogen-bond donors (Lipinski definition) is 2. The summed E-state index contributed by atoms with van der Waals surface area (Å²) in [5, 5.41) is 13.9. The van der Waals surface area contributed by atoms with Crippen LogP contribution in [0.2, 0.25) is 0 Å². The molecule has 1 unspecified atom stereocenters. The van der Waals surface area contributed by atoms with Gasteiger partial charge in [-0.25, -0.2) is 0 Å². The molecule has 104 valence electrons. The molecule has 1 aliphatic heterocycles. The third-order valence-electron chi connectivity index (χ3n) is 2.77. The SMILES string of the molecule is O=[N+]([O-])c1ccc(N2CCNCC2)c(OS(=O)O)c1. The molecular weight excluding hydrogens is 274 g/mol. The topological polar surface area (TPSA) is 105 Å². The van der Waals surface area contributed by atoms with E-state index >= 15 is 0 Å². The molecule has 0 amide bonds. The molecule has 19 heavy (non-hydrogen) atoms. The molecule has 0 saturated carbocycles. The zero-order valence-electron chi connectivity index (χ0n) is 9.94. The molecule has 0 aromatic heterocycles. The van der Waals surface area contributed by atoms with Crippen LogP contribution in [0.1, 0.15) is 0 Å². The lowest BCUT2D eigenvalue weighted by Gasteiger charge is -2.30. The monoisotopic (exact) mass is 287 g/mol. The van der Waals surface area contributed by atoms with Gasteiger partial charge in [0.2, 0.25) is 0 Å². The predicted octanol–water partition coefficient (Wildman–Crippen LogP) is 0.520. The van der Waals surface area contributed by atoms with Gasteiger partial charge in [0.15, 0.2) is 5.75 Å². The van der Waals surface area contributed by atoms with Crippen molar-refractivity contribution in [3.8, 4) is 5.75 Å². The summed E-state index contributed by atoms with van der Waals surface area (Å²) in [4.78, 5) is 12.1. The van der Waals surface area contributed by atoms with Crippen LogP contribution in [0.25, 0.3) is 0 Å². The van der Waals surface area contributed by atoms with E-state index in [0.717, 1.165) is 19.2 Å². The molecule has 1 heterocycles. The van der Waals surface area contributed by atoms with Gasteiger partial charge >= 0.3 is 11.4 Å². The Morgan fingerprint density at radius 1 is 1.42 bits per heavy atom. The lowest BCUT2D eigenvalue weighted by molar-refractivity contribution is -0.384. The highest BCUT2D eigenvalue weighted by molar-refractivity contribution is 7.74. The van der Waals surface area contributed by atoms with Crippen molar-refractivity contribution in [2.45, 2.75) is 0 Å². The second kappa shape index (κ2) is 5.95. The lowest BCUT2D eigenvalue weighted by atomic mass is 10.2. The standard InChI is InChI=1S/C10H13N3O5S/c14-13(15)8-1-2-9(10(7-8)18-19(16)17)12-5-3-11-4-6-12/h1-2,7,11H,3-6H2,(H,16,17). The van der Waals surface area contributed by atoms with Gasteiger partial charge in [-0.3, -0.25) is 14.7 Å². The van der Waals surface area contributed by atoms with E-state index in [1.807, 2.05) is 4.90 Å². The molecule has 9 heteroatoms. The molecule has 1 fully saturated rings. The van der Waals surface area contributed by atoms with Gasteiger partial charge in [-0.15, -0.1) is 0 Å². The van der Waals surface area contributed by atoms with Crippen molar-refractivity contribution in [3.63, 3.8) is 0 Å². The van der Waals surface area contributed by atoms with E-state index in [0.29, 0.717) is 18.8 Å². The zero-order chi connectivity index (χ0) is 13.8. The van der Waals surface area contributed by atoms with Gasteiger partial charge in [-0.1, -0.05) is 0 Å². The fourth-order valence-electron chi connectivity index (χ4n) is 1.93. The first-order valence-electron chi connectivity index (χ1n) is 5.61. The van der Waals surface area contributed by atoms with Crippen molar-refractivity contribution in [2.24, 2.45) is 0 Å². The molecule has 1 aliphatic rings. The maximum atomic E-state index is 10.8. The summed E-state index contributed by atoms with van der Waals surface area (Å²) in [6.45, 7) is 2.95. The molecule has 0 radical (unpaired) electrons. The largest absolute Gasteiger partial charge is 0.378 e. The number of rotatable bonds is 4. The van der Waals surface area contributed by atoms with Crippen molar-refractivity contribution >= 4 is 22.7 Å². The highest BCUT2D eigenvalue weighted by atomic mass is 32.2. The van der Waals surface area contributed by atoms with Gasteiger partial charge in [0.25, 0.3) is 5.69 Å². The summed E-state index contributed by atoms with van der Waals surface area (Å²) in [5.74, 6) is 0.0388. The average molecular weight is 287 g/mol. The number of piperazine rings is 1. The summed E-state index contributed by atoms with van der Waals surface area (Å²) in [7, 11) is 0. The first-order chi connectivity index (χ1) is 9.08. The van der Waals surface area contributed by atoms with E-state index in [-0.39, 0.29) is 11.4 Å². The minimum Gasteiger partial charge on any atom is -0.378 e. The van der Waals surface area contributed by atoms with Crippen molar-refractivity contribution in [1.29, 1.82) is 0 Å². The first-order valence-corrected chi connectivity index (χ1v) is 6.64. The molecule has 1 aromatic carbocycles. The van der Waals surface area contributed by atoms with Gasteiger partial charge < -0.3 is 14.4 Å². The van der Waals surface area contributed by atoms with Crippen molar-refractivity contribution in [1.82, 2.24) is 5.32 Å². The van der Waals surface area contributed by atoms with Crippen LogP contribution in [-0.4, -0.2) is 39.9 Å². The molecule has 0 aliphatic carbocycles. The molecule has 0 bridgehead atoms. The number of hydrogen-bond acceptors (Lipinski definition) is 6. The number of benzene rings is 1. The summed E-state index contributed by atoms with van der Waals surface area (Å²) in [5.41, 5.74) is 0.397. The number of anilines is 1. The van der Waals surface area contributed by atoms with Crippen LogP contribution < -0.4 is 14.4 Å². The maximum absolute atomic E-state index is 10.8. The van der Waals surface area contributed by atoms with Crippen LogP contribution in [0.5, 0.6) is 5.75 Å². The minimum absolute atomic E-state index is 0.0388. The summed E-state index contributed by atoms with van der Waals surface area (Å²) in [6.07, 6.45) is 0. The average Bonchev–Trinajstić information content (AvgIpc) is 2.39. The molecule has 0 spiro atoms. The second-order valence-electron chi connectivity index (χ2n) is 3.95.